The predicted octanol–water partition coefficient (Wildman–Crippen LogP) is 1.04. The first-order chi connectivity index (χ1) is 9.25. The molecule has 0 atom stereocenters. The second-order valence-corrected chi connectivity index (χ2v) is 4.68. The van der Waals surface area contributed by atoms with Crippen LogP contribution in [-0.4, -0.2) is 31.6 Å². The van der Waals surface area contributed by atoms with E-state index in [0.29, 0.717) is 17.0 Å². The Labute approximate surface area is 110 Å². The number of nitrogens with zero attached hydrogens (tertiary/aromatic N) is 4. The van der Waals surface area contributed by atoms with Gasteiger partial charge in [0, 0.05) is 6.20 Å². The van der Waals surface area contributed by atoms with Crippen molar-refractivity contribution in [3.05, 3.63) is 23.8 Å². The van der Waals surface area contributed by atoms with Gasteiger partial charge in [-0.15, -0.1) is 0 Å². The zero-order valence-electron chi connectivity index (χ0n) is 10.7. The molecule has 1 fully saturated rings. The molecule has 0 radical (unpaired) electrons. The van der Waals surface area contributed by atoms with E-state index in [9.17, 15) is 4.79 Å². The number of rotatable bonds is 3. The van der Waals surface area contributed by atoms with Crippen molar-refractivity contribution < 1.29 is 9.63 Å². The van der Waals surface area contributed by atoms with Gasteiger partial charge >= 0.3 is 0 Å². The van der Waals surface area contributed by atoms with Gasteiger partial charge in [0.1, 0.15) is 6.33 Å². The Morgan fingerprint density at radius 2 is 2.21 bits per heavy atom. The van der Waals surface area contributed by atoms with Crippen molar-refractivity contribution in [2.45, 2.75) is 38.7 Å². The normalized spacial score (nSPS) is 16.1. The number of nitrogens with one attached hydrogen (secondary N) is 1. The monoisotopic (exact) mass is 261 g/mol. The molecule has 0 unspecified atom stereocenters. The van der Waals surface area contributed by atoms with Crippen molar-refractivity contribution in [2.75, 3.05) is 0 Å². The SMILES string of the molecule is Cc1c(C(=O)NOC2CCCC2)cnc2ncnn12. The Kier molecular flexibility index (Phi) is 3.12. The summed E-state index contributed by atoms with van der Waals surface area (Å²) in [5.74, 6) is 0.181. The Hall–Kier alpha value is -2.02. The zero-order chi connectivity index (χ0) is 13.2. The summed E-state index contributed by atoms with van der Waals surface area (Å²) >= 11 is 0. The fourth-order valence-electron chi connectivity index (χ4n) is 2.31. The first-order valence-electron chi connectivity index (χ1n) is 6.37. The molecule has 1 amide bonds. The molecular weight excluding hydrogens is 246 g/mol. The van der Waals surface area contributed by atoms with Crippen LogP contribution < -0.4 is 5.48 Å². The topological polar surface area (TPSA) is 81.4 Å². The molecule has 7 nitrogen and oxygen atoms in total. The van der Waals surface area contributed by atoms with E-state index < -0.39 is 0 Å². The highest BCUT2D eigenvalue weighted by Crippen LogP contribution is 2.20. The Morgan fingerprint density at radius 1 is 1.42 bits per heavy atom. The smallest absolute Gasteiger partial charge is 0.270 e. The lowest BCUT2D eigenvalue weighted by Gasteiger charge is -2.12. The molecule has 2 heterocycles. The van der Waals surface area contributed by atoms with Gasteiger partial charge in [0.15, 0.2) is 0 Å². The number of aryl methyl sites for hydroxylation is 1. The fraction of sp³-hybridized carbons (Fsp3) is 0.500. The molecule has 1 saturated carbocycles. The zero-order valence-corrected chi connectivity index (χ0v) is 10.7. The third-order valence-corrected chi connectivity index (χ3v) is 3.41. The van der Waals surface area contributed by atoms with Gasteiger partial charge in [-0.2, -0.15) is 10.1 Å². The van der Waals surface area contributed by atoms with Crippen molar-refractivity contribution in [3.63, 3.8) is 0 Å². The van der Waals surface area contributed by atoms with Gasteiger partial charge in [-0.1, -0.05) is 12.8 Å². The molecule has 2 aromatic rings. The van der Waals surface area contributed by atoms with Crippen LogP contribution >= 0.6 is 0 Å². The lowest BCUT2D eigenvalue weighted by molar-refractivity contribution is -0.0125. The summed E-state index contributed by atoms with van der Waals surface area (Å²) in [6.45, 7) is 1.80. The molecule has 19 heavy (non-hydrogen) atoms. The van der Waals surface area contributed by atoms with Gasteiger partial charge in [0.25, 0.3) is 11.7 Å². The van der Waals surface area contributed by atoms with Crippen molar-refractivity contribution >= 4 is 11.7 Å². The summed E-state index contributed by atoms with van der Waals surface area (Å²) in [4.78, 5) is 25.5. The maximum atomic E-state index is 12.1. The minimum atomic E-state index is -0.297. The van der Waals surface area contributed by atoms with E-state index in [1.54, 1.807) is 6.92 Å². The number of carbonyl (C=O) groups is 1. The van der Waals surface area contributed by atoms with Gasteiger partial charge in [-0.25, -0.2) is 15.0 Å². The molecule has 0 aromatic carbocycles. The molecule has 1 aliphatic rings. The first kappa shape index (κ1) is 12.0. The molecule has 7 heteroatoms. The van der Waals surface area contributed by atoms with E-state index in [-0.39, 0.29) is 12.0 Å². The second kappa shape index (κ2) is 4.93. The van der Waals surface area contributed by atoms with E-state index in [2.05, 4.69) is 20.5 Å². The van der Waals surface area contributed by atoms with Gasteiger partial charge in [0.2, 0.25) is 0 Å². The number of fused-ring (bicyclic) bond motifs is 1. The Balaban J connectivity index is 1.75. The molecule has 2 aromatic heterocycles. The molecule has 0 bridgehead atoms. The molecule has 1 aliphatic carbocycles. The largest absolute Gasteiger partial charge is 0.278 e. The molecule has 0 aliphatic heterocycles. The van der Waals surface area contributed by atoms with Crippen molar-refractivity contribution in [1.82, 2.24) is 25.1 Å². The standard InChI is InChI=1S/C12H15N5O2/c1-8-10(6-13-12-14-7-15-17(8)12)11(18)16-19-9-4-2-3-5-9/h6-7,9H,2-5H2,1H3,(H,16,18). The third-order valence-electron chi connectivity index (χ3n) is 3.41. The average Bonchev–Trinajstić information content (AvgIpc) is 3.07. The second-order valence-electron chi connectivity index (χ2n) is 4.68. The highest BCUT2D eigenvalue weighted by Gasteiger charge is 2.19. The molecular formula is C12H15N5O2. The van der Waals surface area contributed by atoms with Crippen LogP contribution in [0.2, 0.25) is 0 Å². The van der Waals surface area contributed by atoms with Crippen molar-refractivity contribution in [1.29, 1.82) is 0 Å². The van der Waals surface area contributed by atoms with Crippen LogP contribution in [-0.2, 0) is 4.84 Å². The lowest BCUT2D eigenvalue weighted by Crippen LogP contribution is -2.29. The lowest BCUT2D eigenvalue weighted by atomic mass is 10.2. The maximum Gasteiger partial charge on any atom is 0.278 e. The van der Waals surface area contributed by atoms with Gasteiger partial charge in [-0.3, -0.25) is 9.63 Å². The van der Waals surface area contributed by atoms with E-state index >= 15 is 0 Å². The number of hydrogen-bond acceptors (Lipinski definition) is 5. The third kappa shape index (κ3) is 2.28. The summed E-state index contributed by atoms with van der Waals surface area (Å²) in [5.41, 5.74) is 3.63. The van der Waals surface area contributed by atoms with E-state index in [1.165, 1.54) is 17.0 Å². The van der Waals surface area contributed by atoms with Crippen LogP contribution in [0, 0.1) is 6.92 Å². The first-order valence-corrected chi connectivity index (χ1v) is 6.37. The van der Waals surface area contributed by atoms with Crippen LogP contribution in [0.3, 0.4) is 0 Å². The Morgan fingerprint density at radius 3 is 3.00 bits per heavy atom. The van der Waals surface area contributed by atoms with Gasteiger partial charge < -0.3 is 0 Å². The quantitative estimate of drug-likeness (QED) is 0.835. The van der Waals surface area contributed by atoms with Crippen LogP contribution in [0.4, 0.5) is 0 Å². The van der Waals surface area contributed by atoms with Crippen molar-refractivity contribution in [3.8, 4) is 0 Å². The summed E-state index contributed by atoms with van der Waals surface area (Å²) < 4.78 is 1.53. The molecule has 0 saturated heterocycles. The molecule has 100 valence electrons. The van der Waals surface area contributed by atoms with Crippen LogP contribution in [0.5, 0.6) is 0 Å². The number of hydroxylamine groups is 1. The average molecular weight is 261 g/mol. The summed E-state index contributed by atoms with van der Waals surface area (Å²) in [7, 11) is 0. The molecule has 3 rings (SSSR count). The van der Waals surface area contributed by atoms with Gasteiger partial charge in [0.05, 0.1) is 17.4 Å². The molecule has 0 spiro atoms. The van der Waals surface area contributed by atoms with Crippen LogP contribution in [0.25, 0.3) is 5.78 Å². The molecule has 1 N–H and O–H groups in total. The number of amides is 1. The fourth-order valence-corrected chi connectivity index (χ4v) is 2.31. The summed E-state index contributed by atoms with van der Waals surface area (Å²) in [6.07, 6.45) is 7.35. The minimum absolute atomic E-state index is 0.132. The summed E-state index contributed by atoms with van der Waals surface area (Å²) in [6, 6.07) is 0. The predicted molar refractivity (Wildman–Crippen MR) is 66.3 cm³/mol. The number of carbonyl (C=O) groups excluding carboxylic acids is 1. The van der Waals surface area contributed by atoms with Crippen molar-refractivity contribution in [2.24, 2.45) is 0 Å². The van der Waals surface area contributed by atoms with Crippen LogP contribution in [0.1, 0.15) is 41.7 Å². The van der Waals surface area contributed by atoms with Gasteiger partial charge in [-0.05, 0) is 19.8 Å². The highest BCUT2D eigenvalue weighted by molar-refractivity contribution is 5.94. The van der Waals surface area contributed by atoms with Crippen LogP contribution in [0.15, 0.2) is 12.5 Å². The minimum Gasteiger partial charge on any atom is -0.270 e. The number of hydrogen-bond donors (Lipinski definition) is 1. The number of aromatic nitrogens is 4. The Bertz CT molecular complexity index is 603. The maximum absolute atomic E-state index is 12.1. The van der Waals surface area contributed by atoms with E-state index in [4.69, 9.17) is 4.84 Å². The van der Waals surface area contributed by atoms with E-state index in [0.717, 1.165) is 25.7 Å². The summed E-state index contributed by atoms with van der Waals surface area (Å²) in [5, 5.41) is 4.02. The van der Waals surface area contributed by atoms with E-state index in [1.807, 2.05) is 0 Å². The highest BCUT2D eigenvalue weighted by atomic mass is 16.7.